The van der Waals surface area contributed by atoms with E-state index in [1.165, 1.54) is 0 Å². The molecule has 4 nitrogen and oxygen atoms in total. The molecule has 1 amide bonds. The fourth-order valence-electron chi connectivity index (χ4n) is 1.69. The third-order valence-electron chi connectivity index (χ3n) is 3.27. The van der Waals surface area contributed by atoms with Crippen molar-refractivity contribution in [3.8, 4) is 5.75 Å². The summed E-state index contributed by atoms with van der Waals surface area (Å²) in [5, 5.41) is 6.23. The minimum absolute atomic E-state index is 0.00124. The average Bonchev–Trinajstić information content (AvgIpc) is 2.39. The molecule has 112 valence electrons. The number of nitrogens with one attached hydrogen (secondary N) is 2. The summed E-state index contributed by atoms with van der Waals surface area (Å²) >= 11 is 0. The zero-order chi connectivity index (χ0) is 15.2. The van der Waals surface area contributed by atoms with E-state index in [1.807, 2.05) is 52.0 Å². The predicted octanol–water partition coefficient (Wildman–Crippen LogP) is 3.19. The molecule has 0 spiro atoms. The van der Waals surface area contributed by atoms with Crippen LogP contribution in [0.5, 0.6) is 5.75 Å². The topological polar surface area (TPSA) is 50.4 Å². The summed E-state index contributed by atoms with van der Waals surface area (Å²) in [6.07, 6.45) is 0.894. The molecule has 1 unspecified atom stereocenters. The molecular formula is C16H26N2O2. The van der Waals surface area contributed by atoms with Crippen LogP contribution in [0.3, 0.4) is 0 Å². The minimum Gasteiger partial charge on any atom is -0.494 e. The van der Waals surface area contributed by atoms with Gasteiger partial charge in [0.2, 0.25) is 5.91 Å². The first-order chi connectivity index (χ1) is 9.38. The van der Waals surface area contributed by atoms with Gasteiger partial charge in [-0.2, -0.15) is 0 Å². The number of amides is 1. The molecule has 0 saturated carbocycles. The highest BCUT2D eigenvalue weighted by molar-refractivity contribution is 5.84. The van der Waals surface area contributed by atoms with E-state index < -0.39 is 0 Å². The zero-order valence-electron chi connectivity index (χ0n) is 13.1. The van der Waals surface area contributed by atoms with Gasteiger partial charge in [0.1, 0.15) is 11.8 Å². The van der Waals surface area contributed by atoms with Gasteiger partial charge in [0.05, 0.1) is 6.61 Å². The normalized spacial score (nSPS) is 12.7. The third-order valence-corrected chi connectivity index (χ3v) is 3.27. The van der Waals surface area contributed by atoms with Crippen LogP contribution in [0.1, 0.15) is 41.0 Å². The molecule has 0 fully saturated rings. The molecule has 1 aromatic carbocycles. The molecule has 0 aliphatic heterocycles. The number of ether oxygens (including phenoxy) is 1. The second kappa shape index (κ2) is 7.17. The number of carbonyl (C=O) groups is 1. The van der Waals surface area contributed by atoms with Crippen LogP contribution < -0.4 is 15.4 Å². The Bertz CT molecular complexity index is 444. The molecule has 1 aromatic rings. The first-order valence-electron chi connectivity index (χ1n) is 7.19. The Morgan fingerprint density at radius 3 is 2.65 bits per heavy atom. The van der Waals surface area contributed by atoms with Crippen molar-refractivity contribution < 1.29 is 9.53 Å². The summed E-state index contributed by atoms with van der Waals surface area (Å²) in [7, 11) is 0. The Kier molecular flexibility index (Phi) is 5.86. The van der Waals surface area contributed by atoms with E-state index in [1.54, 1.807) is 0 Å². The van der Waals surface area contributed by atoms with E-state index in [-0.39, 0.29) is 17.5 Å². The second-order valence-corrected chi connectivity index (χ2v) is 5.55. The Morgan fingerprint density at radius 1 is 1.35 bits per heavy atom. The van der Waals surface area contributed by atoms with Gasteiger partial charge in [-0.25, -0.2) is 0 Å². The first kappa shape index (κ1) is 16.3. The predicted molar refractivity (Wildman–Crippen MR) is 83.2 cm³/mol. The van der Waals surface area contributed by atoms with Gasteiger partial charge in [-0.1, -0.05) is 13.0 Å². The maximum absolute atomic E-state index is 12.1. The van der Waals surface area contributed by atoms with E-state index in [0.29, 0.717) is 6.61 Å². The molecule has 2 N–H and O–H groups in total. The van der Waals surface area contributed by atoms with E-state index in [4.69, 9.17) is 4.74 Å². The molecule has 4 heteroatoms. The molecule has 0 aromatic heterocycles. The van der Waals surface area contributed by atoms with Crippen molar-refractivity contribution in [3.63, 3.8) is 0 Å². The van der Waals surface area contributed by atoms with Crippen molar-refractivity contribution in [3.05, 3.63) is 24.3 Å². The fraction of sp³-hybridized carbons (Fsp3) is 0.562. The number of benzene rings is 1. The average molecular weight is 278 g/mol. The summed E-state index contributed by atoms with van der Waals surface area (Å²) in [4.78, 5) is 12.1. The highest BCUT2D eigenvalue weighted by Gasteiger charge is 2.21. The number of hydrogen-bond acceptors (Lipinski definition) is 3. The van der Waals surface area contributed by atoms with E-state index >= 15 is 0 Å². The van der Waals surface area contributed by atoms with E-state index in [9.17, 15) is 4.79 Å². The second-order valence-electron chi connectivity index (χ2n) is 5.55. The number of rotatable bonds is 7. The molecule has 0 saturated heterocycles. The van der Waals surface area contributed by atoms with Crippen LogP contribution in [0.2, 0.25) is 0 Å². The lowest BCUT2D eigenvalue weighted by atomic mass is 10.0. The summed E-state index contributed by atoms with van der Waals surface area (Å²) in [5.41, 5.74) is 0.702. The Morgan fingerprint density at radius 2 is 2.05 bits per heavy atom. The lowest BCUT2D eigenvalue weighted by Crippen LogP contribution is -2.48. The van der Waals surface area contributed by atoms with Gasteiger partial charge in [-0.3, -0.25) is 4.79 Å². The summed E-state index contributed by atoms with van der Waals surface area (Å²) in [6, 6.07) is 7.35. The highest BCUT2D eigenvalue weighted by Crippen LogP contribution is 2.18. The zero-order valence-corrected chi connectivity index (χ0v) is 13.1. The highest BCUT2D eigenvalue weighted by atomic mass is 16.5. The van der Waals surface area contributed by atoms with Crippen LogP contribution in [-0.4, -0.2) is 24.1 Å². The van der Waals surface area contributed by atoms with E-state index in [0.717, 1.165) is 17.9 Å². The quantitative estimate of drug-likeness (QED) is 0.805. The number of carbonyl (C=O) groups excluding carboxylic acids is 1. The van der Waals surface area contributed by atoms with Crippen LogP contribution in [0, 0.1) is 0 Å². The number of hydrogen-bond donors (Lipinski definition) is 2. The summed E-state index contributed by atoms with van der Waals surface area (Å²) in [6.45, 7) is 10.5. The summed E-state index contributed by atoms with van der Waals surface area (Å²) in [5.74, 6) is 0.803. The SMILES string of the molecule is CCOc1cccc(NC(C)C(=O)NC(C)(C)CC)c1. The molecule has 0 bridgehead atoms. The Hall–Kier alpha value is -1.71. The molecule has 0 aliphatic carbocycles. The Balaban J connectivity index is 2.63. The maximum Gasteiger partial charge on any atom is 0.242 e. The number of anilines is 1. The van der Waals surface area contributed by atoms with Gasteiger partial charge in [0.25, 0.3) is 0 Å². The monoisotopic (exact) mass is 278 g/mol. The molecule has 0 heterocycles. The maximum atomic E-state index is 12.1. The van der Waals surface area contributed by atoms with Crippen LogP contribution in [0.4, 0.5) is 5.69 Å². The standard InChI is InChI=1S/C16H26N2O2/c1-6-16(4,5)18-15(19)12(3)17-13-9-8-10-14(11-13)20-7-2/h8-12,17H,6-7H2,1-5H3,(H,18,19). The van der Waals surface area contributed by atoms with Crippen molar-refractivity contribution in [2.45, 2.75) is 52.6 Å². The lowest BCUT2D eigenvalue weighted by Gasteiger charge is -2.27. The molecular weight excluding hydrogens is 252 g/mol. The van der Waals surface area contributed by atoms with Crippen LogP contribution in [-0.2, 0) is 4.79 Å². The minimum atomic E-state index is -0.294. The van der Waals surface area contributed by atoms with Gasteiger partial charge in [-0.15, -0.1) is 0 Å². The van der Waals surface area contributed by atoms with Crippen molar-refractivity contribution >= 4 is 11.6 Å². The van der Waals surface area contributed by atoms with Gasteiger partial charge in [0.15, 0.2) is 0 Å². The molecule has 20 heavy (non-hydrogen) atoms. The van der Waals surface area contributed by atoms with Crippen molar-refractivity contribution in [1.29, 1.82) is 0 Å². The Labute approximate surface area is 121 Å². The van der Waals surface area contributed by atoms with Gasteiger partial charge < -0.3 is 15.4 Å². The third kappa shape index (κ3) is 5.11. The molecule has 1 rings (SSSR count). The first-order valence-corrected chi connectivity index (χ1v) is 7.19. The largest absolute Gasteiger partial charge is 0.494 e. The van der Waals surface area contributed by atoms with Crippen LogP contribution >= 0.6 is 0 Å². The fourth-order valence-corrected chi connectivity index (χ4v) is 1.69. The molecule has 0 radical (unpaired) electrons. The van der Waals surface area contributed by atoms with Crippen LogP contribution in [0.15, 0.2) is 24.3 Å². The van der Waals surface area contributed by atoms with E-state index in [2.05, 4.69) is 17.6 Å². The van der Waals surface area contributed by atoms with Crippen LogP contribution in [0.25, 0.3) is 0 Å². The smallest absolute Gasteiger partial charge is 0.242 e. The van der Waals surface area contributed by atoms with Crippen molar-refractivity contribution in [2.75, 3.05) is 11.9 Å². The molecule has 1 atom stereocenters. The summed E-state index contributed by atoms with van der Waals surface area (Å²) < 4.78 is 5.45. The van der Waals surface area contributed by atoms with Gasteiger partial charge >= 0.3 is 0 Å². The van der Waals surface area contributed by atoms with Crippen molar-refractivity contribution in [1.82, 2.24) is 5.32 Å². The van der Waals surface area contributed by atoms with Gasteiger partial charge in [0, 0.05) is 17.3 Å². The van der Waals surface area contributed by atoms with Gasteiger partial charge in [-0.05, 0) is 46.2 Å². The van der Waals surface area contributed by atoms with Crippen molar-refractivity contribution in [2.24, 2.45) is 0 Å². The molecule has 0 aliphatic rings. The lowest BCUT2D eigenvalue weighted by molar-refractivity contribution is -0.123.